The van der Waals surface area contributed by atoms with Crippen LogP contribution in [0.25, 0.3) is 117 Å². The zero-order valence-corrected chi connectivity index (χ0v) is 32.9. The maximum atomic E-state index is 9.40. The summed E-state index contributed by atoms with van der Waals surface area (Å²) in [4.78, 5) is 15.5. The van der Waals surface area contributed by atoms with Gasteiger partial charge in [-0.15, -0.1) is 0 Å². The van der Waals surface area contributed by atoms with Gasteiger partial charge in [0.2, 0.25) is 0 Å². The summed E-state index contributed by atoms with van der Waals surface area (Å²) >= 11 is 0. The molecule has 0 saturated carbocycles. The van der Waals surface area contributed by atoms with Gasteiger partial charge in [0.25, 0.3) is 0 Å². The highest BCUT2D eigenvalue weighted by Crippen LogP contribution is 2.41. The zero-order valence-electron chi connectivity index (χ0n) is 40.9. The van der Waals surface area contributed by atoms with Crippen LogP contribution in [-0.4, -0.2) is 19.5 Å². The third-order valence-electron chi connectivity index (χ3n) is 11.3. The van der Waals surface area contributed by atoms with E-state index in [0.717, 1.165) is 44.2 Å². The highest BCUT2D eigenvalue weighted by atomic mass is 16.3. The molecule has 0 fully saturated rings. The van der Waals surface area contributed by atoms with Gasteiger partial charge in [-0.1, -0.05) is 164 Å². The highest BCUT2D eigenvalue weighted by molar-refractivity contribution is 6.10. The SMILES string of the molecule is [2H]c1c([2H])c([2H])c2c(c1[2H])c1c([2H])c([2H])c([2H])c([2H])c1n2-c1ccc(-c2cc(-c3ccccc3)cc(-c3ccccc3)c2)cc1-c1nc(-c2ccccc2)nc(-c2cccc3c2oc2ccccc23)n1. The van der Waals surface area contributed by atoms with Gasteiger partial charge >= 0.3 is 0 Å². The van der Waals surface area contributed by atoms with Crippen molar-refractivity contribution in [3.8, 4) is 73.2 Å². The van der Waals surface area contributed by atoms with Gasteiger partial charge in [-0.3, -0.25) is 0 Å². The molecule has 12 aromatic rings. The Morgan fingerprint density at radius 2 is 0.887 bits per heavy atom. The Hall–Kier alpha value is -8.41. The summed E-state index contributed by atoms with van der Waals surface area (Å²) in [6.07, 6.45) is 0. The van der Waals surface area contributed by atoms with Crippen molar-refractivity contribution < 1.29 is 15.4 Å². The molecule has 5 heteroatoms. The quantitative estimate of drug-likeness (QED) is 0.161. The number of hydrogen-bond donors (Lipinski definition) is 0. The Bertz CT molecular complexity index is 3970. The van der Waals surface area contributed by atoms with Crippen LogP contribution in [-0.2, 0) is 0 Å². The van der Waals surface area contributed by atoms with Crippen molar-refractivity contribution in [1.82, 2.24) is 19.5 Å². The molecule has 0 bridgehead atoms. The highest BCUT2D eigenvalue weighted by Gasteiger charge is 2.22. The van der Waals surface area contributed by atoms with Crippen LogP contribution >= 0.6 is 0 Å². The number of benzene rings is 9. The Morgan fingerprint density at radius 3 is 1.53 bits per heavy atom. The average Bonchev–Trinajstić information content (AvgIpc) is 3.98. The van der Waals surface area contributed by atoms with Gasteiger partial charge < -0.3 is 8.98 Å². The molecule has 0 saturated heterocycles. The maximum absolute atomic E-state index is 9.40. The Labute approximate surface area is 369 Å². The number of rotatable bonds is 7. The molecule has 0 spiro atoms. The van der Waals surface area contributed by atoms with Crippen molar-refractivity contribution in [3.05, 3.63) is 218 Å². The first-order valence-corrected chi connectivity index (χ1v) is 20.2. The molecular formula is C57H36N4O. The van der Waals surface area contributed by atoms with E-state index >= 15 is 0 Å². The van der Waals surface area contributed by atoms with Crippen LogP contribution in [0.5, 0.6) is 0 Å². The minimum Gasteiger partial charge on any atom is -0.455 e. The maximum Gasteiger partial charge on any atom is 0.167 e. The van der Waals surface area contributed by atoms with Gasteiger partial charge in [-0.05, 0) is 87.9 Å². The molecular weight excluding hydrogens is 757 g/mol. The van der Waals surface area contributed by atoms with E-state index in [0.29, 0.717) is 45.2 Å². The molecule has 0 N–H and O–H groups in total. The van der Waals surface area contributed by atoms with Crippen LogP contribution in [0.3, 0.4) is 0 Å². The molecule has 0 aliphatic heterocycles. The molecule has 0 aliphatic rings. The first-order valence-electron chi connectivity index (χ1n) is 24.2. The van der Waals surface area contributed by atoms with Crippen LogP contribution in [0.4, 0.5) is 0 Å². The van der Waals surface area contributed by atoms with Gasteiger partial charge in [-0.2, -0.15) is 0 Å². The van der Waals surface area contributed by atoms with Crippen molar-refractivity contribution in [2.75, 3.05) is 0 Å². The fraction of sp³-hybridized carbons (Fsp3) is 0. The summed E-state index contributed by atoms with van der Waals surface area (Å²) in [5.74, 6) is 0.829. The fourth-order valence-corrected chi connectivity index (χ4v) is 8.40. The second kappa shape index (κ2) is 14.7. The lowest BCUT2D eigenvalue weighted by atomic mass is 9.92. The van der Waals surface area contributed by atoms with E-state index in [1.54, 1.807) is 6.07 Å². The largest absolute Gasteiger partial charge is 0.455 e. The van der Waals surface area contributed by atoms with Gasteiger partial charge in [0.15, 0.2) is 17.5 Å². The van der Waals surface area contributed by atoms with Gasteiger partial charge in [0, 0.05) is 32.7 Å². The fourth-order valence-electron chi connectivity index (χ4n) is 8.40. The number of aromatic nitrogens is 4. The molecule has 3 heterocycles. The number of nitrogens with zero attached hydrogens (tertiary/aromatic N) is 4. The number of para-hydroxylation sites is 4. The summed E-state index contributed by atoms with van der Waals surface area (Å²) < 4.78 is 80.3. The third-order valence-corrected chi connectivity index (χ3v) is 11.3. The molecule has 0 amide bonds. The lowest BCUT2D eigenvalue weighted by Gasteiger charge is -2.17. The van der Waals surface area contributed by atoms with E-state index in [9.17, 15) is 5.48 Å². The molecule has 62 heavy (non-hydrogen) atoms. The topological polar surface area (TPSA) is 56.7 Å². The van der Waals surface area contributed by atoms with Crippen molar-refractivity contribution in [1.29, 1.82) is 0 Å². The Morgan fingerprint density at radius 1 is 0.371 bits per heavy atom. The van der Waals surface area contributed by atoms with Crippen molar-refractivity contribution in [3.63, 3.8) is 0 Å². The van der Waals surface area contributed by atoms with Crippen LogP contribution < -0.4 is 0 Å². The average molecular weight is 801 g/mol. The molecule has 0 radical (unpaired) electrons. The number of furan rings is 1. The predicted molar refractivity (Wildman–Crippen MR) is 254 cm³/mol. The molecule has 12 rings (SSSR count). The van der Waals surface area contributed by atoms with E-state index in [2.05, 4.69) is 42.5 Å². The summed E-state index contributed by atoms with van der Waals surface area (Å²) in [7, 11) is 0. The van der Waals surface area contributed by atoms with Gasteiger partial charge in [0.1, 0.15) is 11.2 Å². The second-order valence-corrected chi connectivity index (χ2v) is 15.0. The summed E-state index contributed by atoms with van der Waals surface area (Å²) in [5.41, 5.74) is 8.81. The normalized spacial score (nSPS) is 13.4. The molecule has 5 nitrogen and oxygen atoms in total. The second-order valence-electron chi connectivity index (χ2n) is 15.0. The third kappa shape index (κ3) is 6.06. The summed E-state index contributed by atoms with van der Waals surface area (Å²) in [6.45, 7) is 0. The number of fused-ring (bicyclic) bond motifs is 6. The van der Waals surface area contributed by atoms with Gasteiger partial charge in [-0.25, -0.2) is 15.0 Å². The van der Waals surface area contributed by atoms with Crippen LogP contribution in [0.15, 0.2) is 223 Å². The van der Waals surface area contributed by atoms with E-state index in [1.807, 2.05) is 121 Å². The number of hydrogen-bond acceptors (Lipinski definition) is 4. The Balaban J connectivity index is 1.22. The van der Waals surface area contributed by atoms with Crippen LogP contribution in [0.2, 0.25) is 0 Å². The minimum atomic E-state index is -0.526. The van der Waals surface area contributed by atoms with Crippen LogP contribution in [0.1, 0.15) is 11.0 Å². The van der Waals surface area contributed by atoms with E-state index < -0.39 is 48.3 Å². The summed E-state index contributed by atoms with van der Waals surface area (Å²) in [6, 6.07) is 51.6. The molecule has 0 atom stereocenters. The van der Waals surface area contributed by atoms with Crippen molar-refractivity contribution in [2.45, 2.75) is 0 Å². The lowest BCUT2D eigenvalue weighted by molar-refractivity contribution is 0.669. The van der Waals surface area contributed by atoms with Crippen molar-refractivity contribution >= 4 is 43.7 Å². The van der Waals surface area contributed by atoms with Crippen molar-refractivity contribution in [2.24, 2.45) is 0 Å². The lowest BCUT2D eigenvalue weighted by Crippen LogP contribution is -2.04. The molecule has 3 aromatic heterocycles. The first kappa shape index (κ1) is 28.1. The van der Waals surface area contributed by atoms with E-state index in [1.165, 1.54) is 4.57 Å². The smallest absolute Gasteiger partial charge is 0.167 e. The van der Waals surface area contributed by atoms with E-state index in [-0.39, 0.29) is 27.6 Å². The zero-order chi connectivity index (χ0) is 47.9. The standard InChI is InChI=1S/C57H36N4O/c1-4-17-37(18-5-1)41-33-42(38-19-6-2-7-20-38)35-43(34-41)40-31-32-52(61-50-28-13-10-23-44(50)45-24-11-14-29-51(45)61)49(36-40)57-59-55(39-21-8-3-9-22-39)58-56(60-57)48-27-16-26-47-46-25-12-15-30-53(46)62-54(47)48/h1-36H/i10D,11D,13D,14D,23D,24D,28D,29D. The summed E-state index contributed by atoms with van der Waals surface area (Å²) in [5, 5.41) is 1.73. The molecule has 9 aromatic carbocycles. The first-order chi connectivity index (χ1) is 34.0. The van der Waals surface area contributed by atoms with Crippen LogP contribution in [0, 0.1) is 0 Å². The molecule has 0 unspecified atom stereocenters. The van der Waals surface area contributed by atoms with Gasteiger partial charge in [0.05, 0.1) is 33.3 Å². The monoisotopic (exact) mass is 800 g/mol. The van der Waals surface area contributed by atoms with E-state index in [4.69, 9.17) is 24.9 Å². The molecule has 290 valence electrons. The predicted octanol–water partition coefficient (Wildman–Crippen LogP) is 14.9. The Kier molecular flexibility index (Phi) is 6.67. The minimum absolute atomic E-state index is 0.0240. The molecule has 0 aliphatic carbocycles.